The van der Waals surface area contributed by atoms with E-state index >= 15 is 0 Å². The predicted molar refractivity (Wildman–Crippen MR) is 76.6 cm³/mol. The molecule has 0 heterocycles. The maximum Gasteiger partial charge on any atom is 0.338 e. The van der Waals surface area contributed by atoms with Crippen LogP contribution in [-0.2, 0) is 9.53 Å². The minimum absolute atomic E-state index is 0.120. The Morgan fingerprint density at radius 3 is 2.35 bits per heavy atom. The van der Waals surface area contributed by atoms with Gasteiger partial charge in [0.1, 0.15) is 0 Å². The Bertz CT molecular complexity index is 482. The molecule has 0 aliphatic carbocycles. The number of hydrogen-bond acceptors (Lipinski definition) is 4. The maximum atomic E-state index is 11.8. The van der Waals surface area contributed by atoms with Crippen LogP contribution in [0.25, 0.3) is 0 Å². The average molecular weight is 320 g/mol. The third-order valence-corrected chi connectivity index (χ3v) is 2.93. The van der Waals surface area contributed by atoms with Crippen LogP contribution in [-0.4, -0.2) is 32.1 Å². The van der Waals surface area contributed by atoms with Gasteiger partial charge in [-0.2, -0.15) is 0 Å². The lowest BCUT2D eigenvalue weighted by Crippen LogP contribution is -2.22. The van der Waals surface area contributed by atoms with Crippen molar-refractivity contribution in [2.45, 2.75) is 13.3 Å². The number of benzene rings is 1. The Labute approximate surface area is 127 Å². The van der Waals surface area contributed by atoms with Gasteiger partial charge in [-0.15, -0.1) is 0 Å². The first-order valence-corrected chi connectivity index (χ1v) is 6.66. The SMILES string of the molecule is COc1c(Cl)cc(C(=O)OCCCNC(C)=O)cc1Cl. The van der Waals surface area contributed by atoms with Crippen LogP contribution < -0.4 is 10.1 Å². The summed E-state index contributed by atoms with van der Waals surface area (Å²) < 4.78 is 10.0. The van der Waals surface area contributed by atoms with Crippen molar-refractivity contribution in [3.63, 3.8) is 0 Å². The number of nitrogens with one attached hydrogen (secondary N) is 1. The van der Waals surface area contributed by atoms with E-state index in [0.717, 1.165) is 0 Å². The van der Waals surface area contributed by atoms with Gasteiger partial charge in [0.15, 0.2) is 5.75 Å². The van der Waals surface area contributed by atoms with Gasteiger partial charge in [0.25, 0.3) is 0 Å². The second-order valence-electron chi connectivity index (χ2n) is 3.95. The van der Waals surface area contributed by atoms with Crippen molar-refractivity contribution < 1.29 is 19.1 Å². The lowest BCUT2D eigenvalue weighted by Gasteiger charge is -2.09. The fourth-order valence-electron chi connectivity index (χ4n) is 1.46. The normalized spacial score (nSPS) is 10.0. The summed E-state index contributed by atoms with van der Waals surface area (Å²) in [6, 6.07) is 2.87. The lowest BCUT2D eigenvalue weighted by molar-refractivity contribution is -0.118. The standard InChI is InChI=1S/C13H15Cl2NO4/c1-8(17)16-4-3-5-20-13(18)9-6-10(14)12(19-2)11(15)7-9/h6-7H,3-5H2,1-2H3,(H,16,17). The molecule has 1 aromatic rings. The van der Waals surface area contributed by atoms with E-state index in [-0.39, 0.29) is 28.1 Å². The van der Waals surface area contributed by atoms with Crippen LogP contribution in [0.5, 0.6) is 5.75 Å². The summed E-state index contributed by atoms with van der Waals surface area (Å²) >= 11 is 11.9. The number of carbonyl (C=O) groups excluding carboxylic acids is 2. The Balaban J connectivity index is 2.54. The highest BCUT2D eigenvalue weighted by molar-refractivity contribution is 6.37. The number of carbonyl (C=O) groups is 2. The summed E-state index contributed by atoms with van der Waals surface area (Å²) in [6.45, 7) is 2.07. The topological polar surface area (TPSA) is 64.6 Å². The molecule has 0 fully saturated rings. The zero-order valence-electron chi connectivity index (χ0n) is 11.2. The molecule has 20 heavy (non-hydrogen) atoms. The summed E-state index contributed by atoms with van der Waals surface area (Å²) in [5.41, 5.74) is 0.250. The first kappa shape index (κ1) is 16.6. The van der Waals surface area contributed by atoms with E-state index in [0.29, 0.717) is 18.7 Å². The van der Waals surface area contributed by atoms with Gasteiger partial charge in [-0.25, -0.2) is 4.79 Å². The molecule has 0 atom stereocenters. The molecular formula is C13H15Cl2NO4. The van der Waals surface area contributed by atoms with E-state index in [4.69, 9.17) is 32.7 Å². The highest BCUT2D eigenvalue weighted by Crippen LogP contribution is 2.33. The molecule has 0 aliphatic rings. The fourth-order valence-corrected chi connectivity index (χ4v) is 2.10. The van der Waals surface area contributed by atoms with E-state index in [1.54, 1.807) is 0 Å². The fraction of sp³-hybridized carbons (Fsp3) is 0.385. The summed E-state index contributed by atoms with van der Waals surface area (Å²) in [7, 11) is 1.44. The Morgan fingerprint density at radius 1 is 1.25 bits per heavy atom. The van der Waals surface area contributed by atoms with Gasteiger partial charge in [0, 0.05) is 13.5 Å². The van der Waals surface area contributed by atoms with Gasteiger partial charge < -0.3 is 14.8 Å². The van der Waals surface area contributed by atoms with Crippen molar-refractivity contribution in [2.75, 3.05) is 20.3 Å². The molecule has 7 heteroatoms. The molecule has 1 rings (SSSR count). The van der Waals surface area contributed by atoms with Gasteiger partial charge >= 0.3 is 5.97 Å². The monoisotopic (exact) mass is 319 g/mol. The zero-order chi connectivity index (χ0) is 15.1. The van der Waals surface area contributed by atoms with Gasteiger partial charge in [-0.3, -0.25) is 4.79 Å². The smallest absolute Gasteiger partial charge is 0.338 e. The molecule has 0 aromatic heterocycles. The molecular weight excluding hydrogens is 305 g/mol. The number of ether oxygens (including phenoxy) is 2. The lowest BCUT2D eigenvalue weighted by atomic mass is 10.2. The third-order valence-electron chi connectivity index (χ3n) is 2.37. The van der Waals surface area contributed by atoms with Crippen molar-refractivity contribution >= 4 is 35.1 Å². The van der Waals surface area contributed by atoms with Crippen molar-refractivity contribution in [1.29, 1.82) is 0 Å². The Hall–Kier alpha value is -1.46. The molecule has 5 nitrogen and oxygen atoms in total. The summed E-state index contributed by atoms with van der Waals surface area (Å²) in [4.78, 5) is 22.4. The number of halogens is 2. The van der Waals surface area contributed by atoms with Gasteiger partial charge in [-0.05, 0) is 18.6 Å². The summed E-state index contributed by atoms with van der Waals surface area (Å²) in [5, 5.41) is 3.09. The average Bonchev–Trinajstić information content (AvgIpc) is 2.37. The van der Waals surface area contributed by atoms with Gasteiger partial charge in [0.05, 0.1) is 29.3 Å². The first-order valence-electron chi connectivity index (χ1n) is 5.90. The van der Waals surface area contributed by atoms with Crippen LogP contribution in [0, 0.1) is 0 Å². The zero-order valence-corrected chi connectivity index (χ0v) is 12.7. The number of methoxy groups -OCH3 is 1. The molecule has 1 amide bonds. The van der Waals surface area contributed by atoms with Crippen LogP contribution >= 0.6 is 23.2 Å². The van der Waals surface area contributed by atoms with Crippen molar-refractivity contribution in [3.8, 4) is 5.75 Å². The van der Waals surface area contributed by atoms with Crippen LogP contribution in [0.15, 0.2) is 12.1 Å². The maximum absolute atomic E-state index is 11.8. The molecule has 0 spiro atoms. The number of amides is 1. The van der Waals surface area contributed by atoms with Crippen molar-refractivity contribution in [1.82, 2.24) is 5.32 Å². The van der Waals surface area contributed by atoms with E-state index in [1.807, 2.05) is 0 Å². The van der Waals surface area contributed by atoms with Crippen LogP contribution in [0.4, 0.5) is 0 Å². The molecule has 0 radical (unpaired) electrons. The largest absolute Gasteiger partial charge is 0.494 e. The van der Waals surface area contributed by atoms with Crippen LogP contribution in [0.2, 0.25) is 10.0 Å². The number of hydrogen-bond donors (Lipinski definition) is 1. The molecule has 110 valence electrons. The predicted octanol–water partition coefficient (Wildman–Crippen LogP) is 2.69. The molecule has 0 bridgehead atoms. The summed E-state index contributed by atoms with van der Waals surface area (Å²) in [5.74, 6) is -0.333. The minimum atomic E-state index is -0.528. The highest BCUT2D eigenvalue weighted by atomic mass is 35.5. The van der Waals surface area contributed by atoms with Gasteiger partial charge in [-0.1, -0.05) is 23.2 Å². The van der Waals surface area contributed by atoms with Crippen LogP contribution in [0.1, 0.15) is 23.7 Å². The first-order chi connectivity index (χ1) is 9.45. The minimum Gasteiger partial charge on any atom is -0.494 e. The molecule has 0 saturated heterocycles. The Kier molecular flexibility index (Phi) is 6.61. The Morgan fingerprint density at radius 2 is 1.85 bits per heavy atom. The second-order valence-corrected chi connectivity index (χ2v) is 4.76. The van der Waals surface area contributed by atoms with Crippen molar-refractivity contribution in [2.24, 2.45) is 0 Å². The highest BCUT2D eigenvalue weighted by Gasteiger charge is 2.14. The van der Waals surface area contributed by atoms with Crippen LogP contribution in [0.3, 0.4) is 0 Å². The second kappa shape index (κ2) is 7.97. The van der Waals surface area contributed by atoms with E-state index in [2.05, 4.69) is 5.32 Å². The summed E-state index contributed by atoms with van der Waals surface area (Å²) in [6.07, 6.45) is 0.531. The molecule has 1 N–H and O–H groups in total. The van der Waals surface area contributed by atoms with Crippen molar-refractivity contribution in [3.05, 3.63) is 27.7 Å². The third kappa shape index (κ3) is 4.90. The van der Waals surface area contributed by atoms with E-state index < -0.39 is 5.97 Å². The molecule has 1 aromatic carbocycles. The quantitative estimate of drug-likeness (QED) is 0.646. The van der Waals surface area contributed by atoms with Gasteiger partial charge in [0.2, 0.25) is 5.91 Å². The van der Waals surface area contributed by atoms with E-state index in [9.17, 15) is 9.59 Å². The van der Waals surface area contributed by atoms with E-state index in [1.165, 1.54) is 26.2 Å². The number of rotatable bonds is 6. The molecule has 0 unspecified atom stereocenters. The molecule has 0 saturated carbocycles. The number of esters is 1. The molecule has 0 aliphatic heterocycles.